The first-order valence-corrected chi connectivity index (χ1v) is 9.30. The molecule has 1 unspecified atom stereocenters. The van der Waals surface area contributed by atoms with Gasteiger partial charge in [0.1, 0.15) is 11.6 Å². The number of benzene rings is 2. The van der Waals surface area contributed by atoms with Crippen LogP contribution in [0.25, 0.3) is 5.69 Å². The van der Waals surface area contributed by atoms with Crippen LogP contribution in [0.2, 0.25) is 0 Å². The van der Waals surface area contributed by atoms with Gasteiger partial charge in [0.2, 0.25) is 0 Å². The summed E-state index contributed by atoms with van der Waals surface area (Å²) in [6.45, 7) is 1.43. The average molecular weight is 449 g/mol. The van der Waals surface area contributed by atoms with Gasteiger partial charge in [0.25, 0.3) is 11.8 Å². The Kier molecular flexibility index (Phi) is 5.28. The van der Waals surface area contributed by atoms with Gasteiger partial charge in [0, 0.05) is 0 Å². The van der Waals surface area contributed by atoms with Crippen LogP contribution in [0.3, 0.4) is 0 Å². The topological polar surface area (TPSA) is 98.1 Å². The van der Waals surface area contributed by atoms with Crippen LogP contribution in [0.5, 0.6) is 5.75 Å². The lowest BCUT2D eigenvalue weighted by atomic mass is 10.1. The highest BCUT2D eigenvalue weighted by molar-refractivity contribution is 5.96. The number of hydrogen-bond donors (Lipinski definition) is 2. The van der Waals surface area contributed by atoms with E-state index in [-0.39, 0.29) is 18.2 Å². The monoisotopic (exact) mass is 449 g/mol. The minimum atomic E-state index is -4.99. The van der Waals surface area contributed by atoms with E-state index < -0.39 is 35.3 Å². The van der Waals surface area contributed by atoms with E-state index in [1.807, 2.05) is 0 Å². The van der Waals surface area contributed by atoms with Gasteiger partial charge in [0.15, 0.2) is 18.0 Å². The summed E-state index contributed by atoms with van der Waals surface area (Å²) in [6.07, 6.45) is -4.99. The van der Waals surface area contributed by atoms with Crippen LogP contribution in [-0.2, 0) is 11.0 Å². The molecule has 2 heterocycles. The molecule has 1 aliphatic rings. The molecule has 166 valence electrons. The van der Waals surface area contributed by atoms with E-state index in [1.54, 1.807) is 25.1 Å². The highest BCUT2D eigenvalue weighted by atomic mass is 19.4. The standard InChI is InChI=1S/C20H15F4N5O3/c1-10(11-5-6-15-14(7-11)26-16(30)9-32-15)25-19(31)17-18(20(22,23)24)29(28-27-17)13-4-2-3-12(21)8-13/h2-8,10H,9H2,1H3,(H,25,31)(H,26,30). The summed E-state index contributed by atoms with van der Waals surface area (Å²) in [5.41, 5.74) is -1.73. The van der Waals surface area contributed by atoms with Gasteiger partial charge in [-0.3, -0.25) is 9.59 Å². The lowest BCUT2D eigenvalue weighted by molar-refractivity contribution is -0.143. The van der Waals surface area contributed by atoms with E-state index in [0.29, 0.717) is 21.7 Å². The highest BCUT2D eigenvalue weighted by Crippen LogP contribution is 2.34. The summed E-state index contributed by atoms with van der Waals surface area (Å²) in [5, 5.41) is 11.9. The maximum absolute atomic E-state index is 13.7. The van der Waals surface area contributed by atoms with Gasteiger partial charge in [-0.15, -0.1) is 5.10 Å². The molecule has 0 bridgehead atoms. The summed E-state index contributed by atoms with van der Waals surface area (Å²) in [5.74, 6) is -1.81. The van der Waals surface area contributed by atoms with Crippen molar-refractivity contribution in [3.63, 3.8) is 0 Å². The van der Waals surface area contributed by atoms with E-state index in [2.05, 4.69) is 20.9 Å². The zero-order valence-corrected chi connectivity index (χ0v) is 16.4. The number of alkyl halides is 3. The number of carbonyl (C=O) groups excluding carboxylic acids is 2. The quantitative estimate of drug-likeness (QED) is 0.596. The van der Waals surface area contributed by atoms with Gasteiger partial charge < -0.3 is 15.4 Å². The van der Waals surface area contributed by atoms with Crippen molar-refractivity contribution in [3.8, 4) is 11.4 Å². The van der Waals surface area contributed by atoms with Crippen molar-refractivity contribution in [3.05, 3.63) is 65.2 Å². The van der Waals surface area contributed by atoms with Gasteiger partial charge in [0.05, 0.1) is 17.4 Å². The van der Waals surface area contributed by atoms with Crippen molar-refractivity contribution in [1.29, 1.82) is 0 Å². The van der Waals surface area contributed by atoms with Crippen molar-refractivity contribution in [2.75, 3.05) is 11.9 Å². The van der Waals surface area contributed by atoms with Gasteiger partial charge in [-0.1, -0.05) is 17.3 Å². The van der Waals surface area contributed by atoms with Gasteiger partial charge in [-0.05, 0) is 42.8 Å². The van der Waals surface area contributed by atoms with Crippen molar-refractivity contribution in [1.82, 2.24) is 20.3 Å². The maximum atomic E-state index is 13.7. The summed E-state index contributed by atoms with van der Waals surface area (Å²) in [6, 6.07) is 8.32. The highest BCUT2D eigenvalue weighted by Gasteiger charge is 2.42. The number of nitrogens with one attached hydrogen (secondary N) is 2. The molecule has 1 aromatic heterocycles. The van der Waals surface area contributed by atoms with Crippen LogP contribution in [-0.4, -0.2) is 33.4 Å². The molecular weight excluding hydrogens is 434 g/mol. The Labute approximate surface area is 178 Å². The minimum absolute atomic E-state index is 0.125. The van der Waals surface area contributed by atoms with Crippen LogP contribution in [0.15, 0.2) is 42.5 Å². The summed E-state index contributed by atoms with van der Waals surface area (Å²) in [4.78, 5) is 24.1. The summed E-state index contributed by atoms with van der Waals surface area (Å²) < 4.78 is 60.4. The number of ether oxygens (including phenoxy) is 1. The molecule has 3 aromatic rings. The lowest BCUT2D eigenvalue weighted by Gasteiger charge is -2.21. The number of fused-ring (bicyclic) bond motifs is 1. The Bertz CT molecular complexity index is 1210. The fourth-order valence-corrected chi connectivity index (χ4v) is 3.20. The molecule has 2 amide bonds. The molecule has 1 atom stereocenters. The Morgan fingerprint density at radius 1 is 1.25 bits per heavy atom. The number of amides is 2. The van der Waals surface area contributed by atoms with Crippen LogP contribution >= 0.6 is 0 Å². The second kappa shape index (κ2) is 7.94. The van der Waals surface area contributed by atoms with Crippen molar-refractivity contribution < 1.29 is 31.9 Å². The van der Waals surface area contributed by atoms with E-state index in [9.17, 15) is 27.2 Å². The molecule has 0 fully saturated rings. The van der Waals surface area contributed by atoms with Crippen LogP contribution in [0, 0.1) is 5.82 Å². The zero-order chi connectivity index (χ0) is 23.0. The molecule has 0 spiro atoms. The molecule has 2 aromatic carbocycles. The van der Waals surface area contributed by atoms with Crippen molar-refractivity contribution in [2.45, 2.75) is 19.1 Å². The molecule has 2 N–H and O–H groups in total. The predicted octanol–water partition coefficient (Wildman–Crippen LogP) is 3.25. The fraction of sp³-hybridized carbons (Fsp3) is 0.200. The van der Waals surface area contributed by atoms with Gasteiger partial charge in [-0.25, -0.2) is 9.07 Å². The second-order valence-electron chi connectivity index (χ2n) is 6.96. The maximum Gasteiger partial charge on any atom is 0.435 e. The van der Waals surface area contributed by atoms with Gasteiger partial charge in [-0.2, -0.15) is 13.2 Å². The van der Waals surface area contributed by atoms with Crippen LogP contribution < -0.4 is 15.4 Å². The molecule has 0 saturated carbocycles. The summed E-state index contributed by atoms with van der Waals surface area (Å²) in [7, 11) is 0. The number of anilines is 1. The molecule has 32 heavy (non-hydrogen) atoms. The molecular formula is C20H15F4N5O3. The third-order valence-corrected chi connectivity index (χ3v) is 4.69. The molecule has 1 aliphatic heterocycles. The van der Waals surface area contributed by atoms with Crippen molar-refractivity contribution in [2.24, 2.45) is 0 Å². The molecule has 4 rings (SSSR count). The Balaban J connectivity index is 1.62. The lowest BCUT2D eigenvalue weighted by Crippen LogP contribution is -2.30. The molecule has 0 radical (unpaired) electrons. The van der Waals surface area contributed by atoms with E-state index in [0.717, 1.165) is 12.1 Å². The first-order valence-electron chi connectivity index (χ1n) is 9.30. The second-order valence-corrected chi connectivity index (χ2v) is 6.96. The Morgan fingerprint density at radius 3 is 2.75 bits per heavy atom. The number of halogens is 4. The Morgan fingerprint density at radius 2 is 2.03 bits per heavy atom. The molecule has 0 saturated heterocycles. The normalized spacial score (nSPS) is 14.2. The Hall–Kier alpha value is -3.96. The predicted molar refractivity (Wildman–Crippen MR) is 103 cm³/mol. The van der Waals surface area contributed by atoms with Crippen molar-refractivity contribution >= 4 is 17.5 Å². The van der Waals surface area contributed by atoms with E-state index in [4.69, 9.17) is 4.74 Å². The number of hydrogen-bond acceptors (Lipinski definition) is 5. The fourth-order valence-electron chi connectivity index (χ4n) is 3.20. The average Bonchev–Trinajstić information content (AvgIpc) is 3.19. The largest absolute Gasteiger partial charge is 0.482 e. The first-order chi connectivity index (χ1) is 15.1. The molecule has 8 nitrogen and oxygen atoms in total. The third kappa shape index (κ3) is 4.11. The number of nitrogens with zero attached hydrogens (tertiary/aromatic N) is 3. The van der Waals surface area contributed by atoms with E-state index in [1.165, 1.54) is 12.1 Å². The zero-order valence-electron chi connectivity index (χ0n) is 16.4. The minimum Gasteiger partial charge on any atom is -0.482 e. The molecule has 0 aliphatic carbocycles. The third-order valence-electron chi connectivity index (χ3n) is 4.69. The van der Waals surface area contributed by atoms with E-state index >= 15 is 0 Å². The molecule has 12 heteroatoms. The van der Waals surface area contributed by atoms with Crippen LogP contribution in [0.4, 0.5) is 23.2 Å². The number of aromatic nitrogens is 3. The number of rotatable bonds is 4. The first kappa shape index (κ1) is 21.3. The smallest absolute Gasteiger partial charge is 0.435 e. The number of carbonyl (C=O) groups is 2. The SMILES string of the molecule is CC(NC(=O)c1nnn(-c2cccc(F)c2)c1C(F)(F)F)c1ccc2c(c1)NC(=O)CO2. The summed E-state index contributed by atoms with van der Waals surface area (Å²) >= 11 is 0. The van der Waals surface area contributed by atoms with Gasteiger partial charge >= 0.3 is 6.18 Å². The van der Waals surface area contributed by atoms with Crippen LogP contribution in [0.1, 0.15) is 34.7 Å².